The lowest BCUT2D eigenvalue weighted by atomic mass is 9.96. The van der Waals surface area contributed by atoms with Gasteiger partial charge in [0.1, 0.15) is 17.2 Å². The molecule has 25 heavy (non-hydrogen) atoms. The molecule has 0 N–H and O–H groups in total. The summed E-state index contributed by atoms with van der Waals surface area (Å²) in [5, 5.41) is 5.34. The van der Waals surface area contributed by atoms with Crippen molar-refractivity contribution in [2.45, 2.75) is 57.2 Å². The van der Waals surface area contributed by atoms with Gasteiger partial charge in [0.2, 0.25) is 0 Å². The highest BCUT2D eigenvalue weighted by molar-refractivity contribution is 6.39. The summed E-state index contributed by atoms with van der Waals surface area (Å²) >= 11 is 12.7. The van der Waals surface area contributed by atoms with Gasteiger partial charge in [-0.25, -0.2) is 0 Å². The maximum absolute atomic E-state index is 11.7. The van der Waals surface area contributed by atoms with Crippen molar-refractivity contribution in [1.29, 1.82) is 0 Å². The summed E-state index contributed by atoms with van der Waals surface area (Å²) in [6.45, 7) is 0.365. The number of hydrogen-bond donors (Lipinski definition) is 0. The summed E-state index contributed by atoms with van der Waals surface area (Å²) in [5.74, 6) is 1.54. The minimum atomic E-state index is -0.0298. The maximum atomic E-state index is 11.7. The monoisotopic (exact) mass is 379 g/mol. The number of carbonyl (C=O) groups excluding carboxylic acids is 1. The molecule has 2 aliphatic carbocycles. The molecule has 6 heteroatoms. The van der Waals surface area contributed by atoms with Crippen LogP contribution < -0.4 is 0 Å². The van der Waals surface area contributed by atoms with Crippen LogP contribution >= 0.6 is 23.2 Å². The molecule has 0 unspecified atom stereocenters. The average molecular weight is 380 g/mol. The maximum Gasteiger partial charge on any atom is 0.145 e. The van der Waals surface area contributed by atoms with Crippen molar-refractivity contribution in [3.63, 3.8) is 0 Å². The largest absolute Gasteiger partial charge is 0.373 e. The van der Waals surface area contributed by atoms with Gasteiger partial charge in [0.05, 0.1) is 22.8 Å². The Balaban J connectivity index is 1.63. The van der Waals surface area contributed by atoms with E-state index in [-0.39, 0.29) is 11.9 Å². The summed E-state index contributed by atoms with van der Waals surface area (Å²) < 4.78 is 11.7. The second kappa shape index (κ2) is 7.10. The van der Waals surface area contributed by atoms with Crippen molar-refractivity contribution in [2.75, 3.05) is 0 Å². The molecule has 4 rings (SSSR count). The lowest BCUT2D eigenvalue weighted by molar-refractivity contribution is -0.124. The smallest absolute Gasteiger partial charge is 0.145 e. The first kappa shape index (κ1) is 17.1. The van der Waals surface area contributed by atoms with Crippen LogP contribution in [0.5, 0.6) is 0 Å². The number of aromatic nitrogens is 1. The molecule has 0 saturated heterocycles. The Bertz CT molecular complexity index is 778. The topological polar surface area (TPSA) is 52.3 Å². The molecule has 0 radical (unpaired) electrons. The van der Waals surface area contributed by atoms with Gasteiger partial charge in [0, 0.05) is 29.9 Å². The van der Waals surface area contributed by atoms with Crippen molar-refractivity contribution >= 4 is 29.0 Å². The zero-order valence-electron chi connectivity index (χ0n) is 13.8. The van der Waals surface area contributed by atoms with E-state index in [1.165, 1.54) is 0 Å². The zero-order valence-corrected chi connectivity index (χ0v) is 15.3. The molecule has 1 aromatic heterocycles. The summed E-state index contributed by atoms with van der Waals surface area (Å²) in [6.07, 6.45) is 5.13. The van der Waals surface area contributed by atoms with E-state index in [1.807, 2.05) is 0 Å². The molecule has 2 aromatic rings. The Labute approximate surface area is 156 Å². The fraction of sp³-hybridized carbons (Fsp3) is 0.474. The lowest BCUT2D eigenvalue weighted by Gasteiger charge is -2.21. The number of rotatable bonds is 5. The van der Waals surface area contributed by atoms with E-state index in [0.717, 1.165) is 37.0 Å². The van der Waals surface area contributed by atoms with E-state index in [2.05, 4.69) is 5.16 Å². The van der Waals surface area contributed by atoms with Gasteiger partial charge in [-0.2, -0.15) is 0 Å². The van der Waals surface area contributed by atoms with Gasteiger partial charge >= 0.3 is 0 Å². The second-order valence-electron chi connectivity index (χ2n) is 6.81. The summed E-state index contributed by atoms with van der Waals surface area (Å²) in [7, 11) is 0. The molecule has 0 bridgehead atoms. The van der Waals surface area contributed by atoms with Gasteiger partial charge in [-0.1, -0.05) is 34.4 Å². The number of benzene rings is 1. The third-order valence-corrected chi connectivity index (χ3v) is 5.50. The predicted molar refractivity (Wildman–Crippen MR) is 96.0 cm³/mol. The molecular weight excluding hydrogens is 361 g/mol. The Morgan fingerprint density at radius 1 is 1.20 bits per heavy atom. The number of nitrogens with zero attached hydrogens (tertiary/aromatic N) is 1. The van der Waals surface area contributed by atoms with Gasteiger partial charge in [-0.15, -0.1) is 0 Å². The molecule has 2 fully saturated rings. The van der Waals surface area contributed by atoms with Crippen LogP contribution in [0.3, 0.4) is 0 Å². The van der Waals surface area contributed by atoms with Crippen molar-refractivity contribution in [3.05, 3.63) is 39.6 Å². The van der Waals surface area contributed by atoms with Gasteiger partial charge in [-0.05, 0) is 37.8 Å². The molecule has 1 atom stereocenters. The molecule has 0 spiro atoms. The van der Waals surface area contributed by atoms with E-state index < -0.39 is 0 Å². The zero-order chi connectivity index (χ0) is 17.4. The number of carbonyl (C=O) groups is 1. The average Bonchev–Trinajstić information content (AvgIpc) is 3.34. The normalized spacial score (nSPS) is 20.9. The summed E-state index contributed by atoms with van der Waals surface area (Å²) in [4.78, 5) is 11.7. The van der Waals surface area contributed by atoms with Gasteiger partial charge < -0.3 is 9.26 Å². The SMILES string of the molecule is O=C1CCC[C@H](OCc2c(-c3c(Cl)cccc3Cl)noc2C2CC2)C1. The van der Waals surface area contributed by atoms with E-state index in [4.69, 9.17) is 32.5 Å². The van der Waals surface area contributed by atoms with E-state index in [0.29, 0.717) is 46.7 Å². The first-order chi connectivity index (χ1) is 12.1. The van der Waals surface area contributed by atoms with Crippen LogP contribution in [0, 0.1) is 0 Å². The molecule has 2 aliphatic rings. The Morgan fingerprint density at radius 2 is 1.96 bits per heavy atom. The van der Waals surface area contributed by atoms with Gasteiger partial charge in [0.15, 0.2) is 0 Å². The minimum Gasteiger partial charge on any atom is -0.373 e. The summed E-state index contributed by atoms with van der Waals surface area (Å²) in [6, 6.07) is 5.39. The fourth-order valence-corrected chi connectivity index (χ4v) is 3.95. The number of Topliss-reactive ketones (excluding diaryl/α,β-unsaturated/α-hetero) is 1. The third kappa shape index (κ3) is 3.62. The van der Waals surface area contributed by atoms with Crippen molar-refractivity contribution < 1.29 is 14.1 Å². The lowest BCUT2D eigenvalue weighted by Crippen LogP contribution is -2.22. The van der Waals surface area contributed by atoms with Crippen LogP contribution in [0.4, 0.5) is 0 Å². The Kier molecular flexibility index (Phi) is 4.85. The minimum absolute atomic E-state index is 0.0298. The second-order valence-corrected chi connectivity index (χ2v) is 7.63. The van der Waals surface area contributed by atoms with Crippen LogP contribution in [-0.4, -0.2) is 17.0 Å². The van der Waals surface area contributed by atoms with Crippen molar-refractivity contribution in [3.8, 4) is 11.3 Å². The standard InChI is InChI=1S/C19H19Cl2NO3/c20-15-5-2-6-16(21)17(15)18-14(19(25-22-18)11-7-8-11)10-24-13-4-1-3-12(23)9-13/h2,5-6,11,13H,1,3-4,7-10H2/t13-/m0/s1. The quantitative estimate of drug-likeness (QED) is 0.682. The third-order valence-electron chi connectivity index (χ3n) is 4.87. The van der Waals surface area contributed by atoms with Crippen molar-refractivity contribution in [1.82, 2.24) is 5.16 Å². The number of hydrogen-bond acceptors (Lipinski definition) is 4. The Morgan fingerprint density at radius 3 is 2.64 bits per heavy atom. The molecule has 1 aromatic carbocycles. The first-order valence-electron chi connectivity index (χ1n) is 8.69. The molecule has 0 amide bonds. The number of halogens is 2. The van der Waals surface area contributed by atoms with E-state index in [9.17, 15) is 4.79 Å². The van der Waals surface area contributed by atoms with Crippen molar-refractivity contribution in [2.24, 2.45) is 0 Å². The fourth-order valence-electron chi connectivity index (χ4n) is 3.38. The van der Waals surface area contributed by atoms with Crippen LogP contribution in [0.25, 0.3) is 11.3 Å². The van der Waals surface area contributed by atoms with Gasteiger partial charge in [0.25, 0.3) is 0 Å². The van der Waals surface area contributed by atoms with Crippen LogP contribution in [-0.2, 0) is 16.1 Å². The molecule has 132 valence electrons. The highest BCUT2D eigenvalue weighted by atomic mass is 35.5. The summed E-state index contributed by atoms with van der Waals surface area (Å²) in [5.41, 5.74) is 2.25. The number of ketones is 1. The predicted octanol–water partition coefficient (Wildman–Crippen LogP) is 5.55. The Hall–Kier alpha value is -1.36. The molecular formula is C19H19Cl2NO3. The molecule has 1 heterocycles. The van der Waals surface area contributed by atoms with E-state index in [1.54, 1.807) is 18.2 Å². The van der Waals surface area contributed by atoms with Crippen LogP contribution in [0.2, 0.25) is 10.0 Å². The highest BCUT2D eigenvalue weighted by Crippen LogP contribution is 2.46. The molecule has 0 aliphatic heterocycles. The van der Waals surface area contributed by atoms with Crippen LogP contribution in [0.15, 0.2) is 22.7 Å². The van der Waals surface area contributed by atoms with Gasteiger partial charge in [-0.3, -0.25) is 4.79 Å². The van der Waals surface area contributed by atoms with E-state index >= 15 is 0 Å². The highest BCUT2D eigenvalue weighted by Gasteiger charge is 2.34. The number of ether oxygens (including phenoxy) is 1. The van der Waals surface area contributed by atoms with Crippen LogP contribution in [0.1, 0.15) is 55.8 Å². The molecule has 4 nitrogen and oxygen atoms in total. The molecule has 2 saturated carbocycles. The first-order valence-corrected chi connectivity index (χ1v) is 9.45.